The van der Waals surface area contributed by atoms with Crippen LogP contribution in [-0.2, 0) is 0 Å². The molecule has 0 aliphatic rings. The van der Waals surface area contributed by atoms with Gasteiger partial charge in [0.05, 0.1) is 0 Å². The maximum atomic E-state index is 8.65. The summed E-state index contributed by atoms with van der Waals surface area (Å²) in [6.45, 7) is 0. The van der Waals surface area contributed by atoms with Gasteiger partial charge in [-0.1, -0.05) is 56.1 Å². The first-order valence-corrected chi connectivity index (χ1v) is 10.9. The molecule has 0 bridgehead atoms. The lowest BCUT2D eigenvalue weighted by atomic mass is 9.81. The summed E-state index contributed by atoms with van der Waals surface area (Å²) in [5, 5.41) is 17.3. The molecule has 0 aliphatic heterocycles. The van der Waals surface area contributed by atoms with Crippen LogP contribution in [-0.4, -0.2) is 37.1 Å². The van der Waals surface area contributed by atoms with Gasteiger partial charge in [-0.15, -0.1) is 0 Å². The van der Waals surface area contributed by atoms with Crippen molar-refractivity contribution in [3.63, 3.8) is 0 Å². The molecule has 4 rings (SSSR count). The highest BCUT2D eigenvalue weighted by Crippen LogP contribution is 2.17. The summed E-state index contributed by atoms with van der Waals surface area (Å²) in [4.78, 5) is 15.9. The zero-order chi connectivity index (χ0) is 21.8. The van der Waals surface area contributed by atoms with E-state index in [-0.39, 0.29) is 0 Å². The van der Waals surface area contributed by atoms with E-state index in [4.69, 9.17) is 10.0 Å². The predicted molar refractivity (Wildman–Crippen MR) is 129 cm³/mol. The first-order chi connectivity index (χ1) is 14.5. The molecule has 0 aliphatic carbocycles. The van der Waals surface area contributed by atoms with Crippen molar-refractivity contribution in [3.05, 3.63) is 99.1 Å². The number of nitrogens with zero attached hydrogens (tertiary/aromatic N) is 4. The lowest BCUT2D eigenvalue weighted by Crippen LogP contribution is -2.29. The Hall–Kier alpha value is -1.98. The Morgan fingerprint density at radius 2 is 1.03 bits per heavy atom. The van der Waals surface area contributed by atoms with E-state index in [0.29, 0.717) is 10.2 Å². The topological polar surface area (TPSA) is 92.0 Å². The first-order valence-electron chi connectivity index (χ1n) is 8.53. The molecule has 0 atom stereocenters. The number of hydrogen-bond donors (Lipinski definition) is 2. The molecule has 10 heteroatoms. The molecule has 30 heavy (non-hydrogen) atoms. The molecule has 2 heterocycles. The molecule has 0 fully saturated rings. The van der Waals surface area contributed by atoms with Crippen LogP contribution in [0.2, 0.25) is 0 Å². The summed E-state index contributed by atoms with van der Waals surface area (Å²) >= 11 is 9.70. The van der Waals surface area contributed by atoms with E-state index in [9.17, 15) is 0 Å². The maximum Gasteiger partial charge on any atom is 0.488 e. The second kappa shape index (κ2) is 13.4. The van der Waals surface area contributed by atoms with Crippen molar-refractivity contribution in [2.24, 2.45) is 0 Å². The molecule has 2 N–H and O–H groups in total. The largest absolute Gasteiger partial charge is 0.488 e. The lowest BCUT2D eigenvalue weighted by Gasteiger charge is -1.97. The van der Waals surface area contributed by atoms with Crippen molar-refractivity contribution in [3.8, 4) is 11.4 Å². The van der Waals surface area contributed by atoms with Crippen LogP contribution in [0.25, 0.3) is 11.4 Å². The average Bonchev–Trinajstić information content (AvgIpc) is 2.77. The molecule has 0 unspecified atom stereocenters. The molecule has 0 radical (unpaired) electrons. The lowest BCUT2D eigenvalue weighted by molar-refractivity contribution is 0.426. The van der Waals surface area contributed by atoms with Gasteiger partial charge in [0.2, 0.25) is 0 Å². The average molecular weight is 595 g/mol. The Morgan fingerprint density at radius 3 is 1.43 bits per heavy atom. The second-order valence-corrected chi connectivity index (χ2v) is 8.06. The normalized spacial score (nSPS) is 9.50. The van der Waals surface area contributed by atoms with Crippen molar-refractivity contribution in [2.75, 3.05) is 0 Å². The standard InChI is InChI=1S/C10H7BrN2.C6H6BBrO2.C4H3BrN2/c11-9-4-2-8(3-5-9)10-12-6-1-7-13-10;8-6-3-1-5(2-4-6)7(9)10;5-4-6-2-1-3-7-4/h1-7H;1-4,9-10H;1-3H. The number of aromatic nitrogens is 4. The number of rotatable bonds is 2. The van der Waals surface area contributed by atoms with Gasteiger partial charge in [-0.25, -0.2) is 19.9 Å². The first kappa shape index (κ1) is 24.3. The van der Waals surface area contributed by atoms with Crippen LogP contribution in [0, 0.1) is 0 Å². The van der Waals surface area contributed by atoms with E-state index >= 15 is 0 Å². The van der Waals surface area contributed by atoms with Crippen molar-refractivity contribution in [1.29, 1.82) is 0 Å². The Labute approximate surface area is 200 Å². The minimum Gasteiger partial charge on any atom is -0.423 e. The minimum atomic E-state index is -1.37. The van der Waals surface area contributed by atoms with Crippen molar-refractivity contribution in [2.45, 2.75) is 0 Å². The Kier molecular flexibility index (Phi) is 10.8. The van der Waals surface area contributed by atoms with Gasteiger partial charge in [-0.05, 0) is 57.8 Å². The minimum absolute atomic E-state index is 0.503. The summed E-state index contributed by atoms with van der Waals surface area (Å²) < 4.78 is 2.62. The molecule has 0 saturated carbocycles. The van der Waals surface area contributed by atoms with Gasteiger partial charge in [0.25, 0.3) is 0 Å². The third kappa shape index (κ3) is 9.23. The number of hydrogen-bond acceptors (Lipinski definition) is 6. The highest BCUT2D eigenvalue weighted by atomic mass is 79.9. The molecule has 0 saturated heterocycles. The highest BCUT2D eigenvalue weighted by molar-refractivity contribution is 9.11. The van der Waals surface area contributed by atoms with Gasteiger partial charge in [0, 0.05) is 39.3 Å². The fourth-order valence-corrected chi connectivity index (χ4v) is 2.73. The molecular weight excluding hydrogens is 579 g/mol. The Balaban J connectivity index is 0.000000168. The number of halogens is 3. The van der Waals surface area contributed by atoms with Crippen molar-refractivity contribution >= 4 is 60.4 Å². The van der Waals surface area contributed by atoms with E-state index in [0.717, 1.165) is 20.3 Å². The smallest absolute Gasteiger partial charge is 0.423 e. The van der Waals surface area contributed by atoms with Crippen LogP contribution in [0.4, 0.5) is 0 Å². The molecule has 6 nitrogen and oxygen atoms in total. The van der Waals surface area contributed by atoms with E-state index in [1.807, 2.05) is 30.3 Å². The predicted octanol–water partition coefficient (Wildman–Crippen LogP) is 4.27. The summed E-state index contributed by atoms with van der Waals surface area (Å²) in [7, 11) is -1.37. The molecule has 0 amide bonds. The maximum absolute atomic E-state index is 8.65. The van der Waals surface area contributed by atoms with E-state index in [1.165, 1.54) is 0 Å². The zero-order valence-electron chi connectivity index (χ0n) is 15.5. The van der Waals surface area contributed by atoms with Crippen LogP contribution in [0.1, 0.15) is 0 Å². The molecule has 2 aromatic carbocycles. The van der Waals surface area contributed by atoms with Gasteiger partial charge in [0.1, 0.15) is 0 Å². The van der Waals surface area contributed by atoms with Crippen LogP contribution >= 0.6 is 47.8 Å². The molecular formula is C20H16BBr3N4O2. The number of benzene rings is 2. The van der Waals surface area contributed by atoms with Crippen molar-refractivity contribution < 1.29 is 10.0 Å². The monoisotopic (exact) mass is 592 g/mol. The Bertz CT molecular complexity index is 994. The van der Waals surface area contributed by atoms with E-state index in [1.54, 1.807) is 55.1 Å². The highest BCUT2D eigenvalue weighted by Gasteiger charge is 2.08. The van der Waals surface area contributed by atoms with Crippen molar-refractivity contribution in [1.82, 2.24) is 19.9 Å². The van der Waals surface area contributed by atoms with Gasteiger partial charge >= 0.3 is 7.12 Å². The zero-order valence-corrected chi connectivity index (χ0v) is 20.2. The Morgan fingerprint density at radius 1 is 0.600 bits per heavy atom. The molecule has 152 valence electrons. The molecule has 0 spiro atoms. The van der Waals surface area contributed by atoms with Gasteiger partial charge in [-0.3, -0.25) is 0 Å². The fourth-order valence-electron chi connectivity index (χ4n) is 1.96. The summed E-state index contributed by atoms with van der Waals surface area (Å²) in [5.41, 5.74) is 1.53. The second-order valence-electron chi connectivity index (χ2n) is 5.52. The SMILES string of the molecule is Brc1ccc(-c2ncccn2)cc1.Brc1ncccn1.OB(O)c1ccc(Br)cc1. The summed E-state index contributed by atoms with van der Waals surface area (Å²) in [6, 6.07) is 18.3. The van der Waals surface area contributed by atoms with Crippen LogP contribution in [0.15, 0.2) is 99.1 Å². The van der Waals surface area contributed by atoms with Gasteiger partial charge < -0.3 is 10.0 Å². The molecule has 2 aromatic heterocycles. The van der Waals surface area contributed by atoms with E-state index < -0.39 is 7.12 Å². The third-order valence-electron chi connectivity index (χ3n) is 3.37. The summed E-state index contributed by atoms with van der Waals surface area (Å²) in [6.07, 6.45) is 6.84. The summed E-state index contributed by atoms with van der Waals surface area (Å²) in [5.74, 6) is 0.759. The van der Waals surface area contributed by atoms with Crippen LogP contribution in [0.5, 0.6) is 0 Å². The van der Waals surface area contributed by atoms with Crippen LogP contribution in [0.3, 0.4) is 0 Å². The van der Waals surface area contributed by atoms with E-state index in [2.05, 4.69) is 67.7 Å². The quantitative estimate of drug-likeness (QED) is 0.266. The molecule has 4 aromatic rings. The van der Waals surface area contributed by atoms with Gasteiger partial charge in [-0.2, -0.15) is 0 Å². The fraction of sp³-hybridized carbons (Fsp3) is 0. The van der Waals surface area contributed by atoms with Crippen LogP contribution < -0.4 is 5.46 Å². The third-order valence-corrected chi connectivity index (χ3v) is 4.84. The van der Waals surface area contributed by atoms with Gasteiger partial charge in [0.15, 0.2) is 10.6 Å².